The normalized spacial score (nSPS) is 11.5. The number of nitrogens with zero attached hydrogens (tertiary/aromatic N) is 1. The Kier molecular flexibility index (Phi) is 3.67. The molecule has 0 aliphatic heterocycles. The zero-order chi connectivity index (χ0) is 15.7. The van der Waals surface area contributed by atoms with E-state index in [1.54, 1.807) is 6.07 Å². The molecule has 3 rings (SSSR count). The fourth-order valence-electron chi connectivity index (χ4n) is 1.74. The van der Waals surface area contributed by atoms with Gasteiger partial charge in [-0.2, -0.15) is 11.3 Å². The van der Waals surface area contributed by atoms with Gasteiger partial charge in [0.25, 0.3) is 10.0 Å². The first kappa shape index (κ1) is 14.7. The first-order valence-corrected chi connectivity index (χ1v) is 8.35. The van der Waals surface area contributed by atoms with Crippen molar-refractivity contribution in [3.05, 3.63) is 52.7 Å². The van der Waals surface area contributed by atoms with Crippen LogP contribution in [0, 0.1) is 11.6 Å². The summed E-state index contributed by atoms with van der Waals surface area (Å²) in [5.41, 5.74) is 1.22. The topological polar surface area (TPSA) is 72.2 Å². The lowest BCUT2D eigenvalue weighted by molar-refractivity contribution is 0.438. The van der Waals surface area contributed by atoms with Crippen molar-refractivity contribution in [2.75, 3.05) is 4.72 Å². The molecule has 1 aromatic carbocycles. The standard InChI is InChI=1S/C13H8F2N2O3S2/c14-9-3-10(15)5-11(4-9)22(18,19)17-13-6-12(16-20-13)8-1-2-21-7-8/h1-7,17H. The second-order valence-corrected chi connectivity index (χ2v) is 6.76. The molecule has 0 atom stereocenters. The van der Waals surface area contributed by atoms with Gasteiger partial charge in [0, 0.05) is 23.1 Å². The second kappa shape index (κ2) is 5.50. The van der Waals surface area contributed by atoms with E-state index in [2.05, 4.69) is 9.88 Å². The molecule has 0 bridgehead atoms. The van der Waals surface area contributed by atoms with Crippen LogP contribution in [0.15, 0.2) is 50.5 Å². The highest BCUT2D eigenvalue weighted by atomic mass is 32.2. The first-order chi connectivity index (χ1) is 10.4. The molecule has 0 saturated carbocycles. The Balaban J connectivity index is 1.88. The van der Waals surface area contributed by atoms with Gasteiger partial charge in [-0.05, 0) is 23.6 Å². The van der Waals surface area contributed by atoms with Crippen LogP contribution in [-0.2, 0) is 10.0 Å². The van der Waals surface area contributed by atoms with Crippen molar-refractivity contribution in [2.45, 2.75) is 4.90 Å². The van der Waals surface area contributed by atoms with Gasteiger partial charge in [-0.3, -0.25) is 0 Å². The first-order valence-electron chi connectivity index (χ1n) is 5.92. The quantitative estimate of drug-likeness (QED) is 0.788. The summed E-state index contributed by atoms with van der Waals surface area (Å²) in [6, 6.07) is 5.18. The van der Waals surface area contributed by atoms with E-state index in [0.29, 0.717) is 23.9 Å². The summed E-state index contributed by atoms with van der Waals surface area (Å²) in [7, 11) is -4.17. The number of sulfonamides is 1. The summed E-state index contributed by atoms with van der Waals surface area (Å²) in [5.74, 6) is -2.13. The predicted octanol–water partition coefficient (Wildman–Crippen LogP) is 3.48. The highest BCUT2D eigenvalue weighted by Crippen LogP contribution is 2.25. The van der Waals surface area contributed by atoms with E-state index in [-0.39, 0.29) is 5.88 Å². The van der Waals surface area contributed by atoms with Crippen LogP contribution in [-0.4, -0.2) is 13.6 Å². The molecule has 3 aromatic rings. The van der Waals surface area contributed by atoms with Crippen LogP contribution in [0.3, 0.4) is 0 Å². The molecular formula is C13H8F2N2O3S2. The van der Waals surface area contributed by atoms with Crippen molar-refractivity contribution in [1.29, 1.82) is 0 Å². The van der Waals surface area contributed by atoms with Crippen molar-refractivity contribution in [3.63, 3.8) is 0 Å². The molecule has 0 aliphatic rings. The smallest absolute Gasteiger partial charge is 0.264 e. The van der Waals surface area contributed by atoms with Gasteiger partial charge in [0.1, 0.15) is 17.3 Å². The van der Waals surface area contributed by atoms with Crippen molar-refractivity contribution >= 4 is 27.2 Å². The lowest BCUT2D eigenvalue weighted by Crippen LogP contribution is -2.13. The largest absolute Gasteiger partial charge is 0.337 e. The van der Waals surface area contributed by atoms with Crippen LogP contribution in [0.5, 0.6) is 0 Å². The third kappa shape index (κ3) is 3.00. The lowest BCUT2D eigenvalue weighted by Gasteiger charge is -2.04. The number of thiophene rings is 1. The van der Waals surface area contributed by atoms with Gasteiger partial charge < -0.3 is 4.52 Å². The number of rotatable bonds is 4. The average Bonchev–Trinajstić information content (AvgIpc) is 3.07. The van der Waals surface area contributed by atoms with Gasteiger partial charge in [0.05, 0.1) is 4.90 Å². The summed E-state index contributed by atoms with van der Waals surface area (Å²) in [6.45, 7) is 0. The Labute approximate surface area is 128 Å². The zero-order valence-electron chi connectivity index (χ0n) is 10.8. The van der Waals surface area contributed by atoms with Gasteiger partial charge in [-0.1, -0.05) is 5.16 Å². The maximum atomic E-state index is 13.1. The van der Waals surface area contributed by atoms with Gasteiger partial charge in [0.2, 0.25) is 5.88 Å². The molecule has 114 valence electrons. The molecule has 0 radical (unpaired) electrons. The number of aromatic nitrogens is 1. The van der Waals surface area contributed by atoms with E-state index < -0.39 is 26.6 Å². The van der Waals surface area contributed by atoms with Crippen LogP contribution >= 0.6 is 11.3 Å². The van der Waals surface area contributed by atoms with E-state index in [4.69, 9.17) is 4.52 Å². The number of hydrogen-bond acceptors (Lipinski definition) is 5. The van der Waals surface area contributed by atoms with E-state index >= 15 is 0 Å². The van der Waals surface area contributed by atoms with Crippen molar-refractivity contribution in [2.24, 2.45) is 0 Å². The zero-order valence-corrected chi connectivity index (χ0v) is 12.4. The monoisotopic (exact) mass is 342 g/mol. The third-order valence-corrected chi connectivity index (χ3v) is 4.72. The molecule has 2 heterocycles. The SMILES string of the molecule is O=S(=O)(Nc1cc(-c2ccsc2)no1)c1cc(F)cc(F)c1. The van der Waals surface area contributed by atoms with Gasteiger partial charge in [-0.25, -0.2) is 21.9 Å². The molecule has 0 spiro atoms. The fourth-order valence-corrected chi connectivity index (χ4v) is 3.41. The molecule has 22 heavy (non-hydrogen) atoms. The van der Waals surface area contributed by atoms with Gasteiger partial charge in [-0.15, -0.1) is 0 Å². The van der Waals surface area contributed by atoms with E-state index in [0.717, 1.165) is 5.56 Å². The minimum absolute atomic E-state index is 0.147. The summed E-state index contributed by atoms with van der Waals surface area (Å²) in [4.78, 5) is -0.543. The summed E-state index contributed by atoms with van der Waals surface area (Å²) >= 11 is 1.45. The third-order valence-electron chi connectivity index (χ3n) is 2.71. The average molecular weight is 342 g/mol. The van der Waals surface area contributed by atoms with Gasteiger partial charge in [0.15, 0.2) is 0 Å². The molecule has 9 heteroatoms. The highest BCUT2D eigenvalue weighted by Gasteiger charge is 2.19. The van der Waals surface area contributed by atoms with E-state index in [9.17, 15) is 17.2 Å². The van der Waals surface area contributed by atoms with Crippen LogP contribution < -0.4 is 4.72 Å². The molecule has 0 unspecified atom stereocenters. The Morgan fingerprint density at radius 1 is 1.14 bits per heavy atom. The predicted molar refractivity (Wildman–Crippen MR) is 77.0 cm³/mol. The highest BCUT2D eigenvalue weighted by molar-refractivity contribution is 7.92. The molecule has 0 fully saturated rings. The summed E-state index contributed by atoms with van der Waals surface area (Å²) < 4.78 is 57.4. The molecule has 5 nitrogen and oxygen atoms in total. The number of anilines is 1. The molecule has 0 saturated heterocycles. The van der Waals surface area contributed by atoms with Crippen LogP contribution in [0.1, 0.15) is 0 Å². The molecule has 1 N–H and O–H groups in total. The van der Waals surface area contributed by atoms with E-state index in [1.165, 1.54) is 17.4 Å². The second-order valence-electron chi connectivity index (χ2n) is 4.30. The number of hydrogen-bond donors (Lipinski definition) is 1. The maximum absolute atomic E-state index is 13.1. The minimum atomic E-state index is -4.17. The molecular weight excluding hydrogens is 334 g/mol. The Morgan fingerprint density at radius 3 is 2.50 bits per heavy atom. The number of halogens is 2. The molecule has 0 aliphatic carbocycles. The fraction of sp³-hybridized carbons (Fsp3) is 0. The van der Waals surface area contributed by atoms with Crippen molar-refractivity contribution in [3.8, 4) is 11.3 Å². The van der Waals surface area contributed by atoms with E-state index in [1.807, 2.05) is 10.8 Å². The van der Waals surface area contributed by atoms with Crippen molar-refractivity contribution in [1.82, 2.24) is 5.16 Å². The maximum Gasteiger partial charge on any atom is 0.264 e. The van der Waals surface area contributed by atoms with Crippen LogP contribution in [0.25, 0.3) is 11.3 Å². The number of benzene rings is 1. The lowest BCUT2D eigenvalue weighted by atomic mass is 10.2. The Hall–Kier alpha value is -2.26. The van der Waals surface area contributed by atoms with Gasteiger partial charge >= 0.3 is 0 Å². The molecule has 0 amide bonds. The van der Waals surface area contributed by atoms with Crippen LogP contribution in [0.2, 0.25) is 0 Å². The Morgan fingerprint density at radius 2 is 1.86 bits per heavy atom. The summed E-state index contributed by atoms with van der Waals surface area (Å²) in [5, 5.41) is 7.38. The van der Waals surface area contributed by atoms with Crippen LogP contribution in [0.4, 0.5) is 14.7 Å². The number of nitrogens with one attached hydrogen (secondary N) is 1. The molecule has 2 aromatic heterocycles. The van der Waals surface area contributed by atoms with Crippen molar-refractivity contribution < 1.29 is 21.7 Å². The summed E-state index contributed by atoms with van der Waals surface area (Å²) in [6.07, 6.45) is 0. The minimum Gasteiger partial charge on any atom is -0.337 e. The Bertz CT molecular complexity index is 885.